The van der Waals surface area contributed by atoms with Gasteiger partial charge < -0.3 is 10.4 Å². The third-order valence-electron chi connectivity index (χ3n) is 2.57. The summed E-state index contributed by atoms with van der Waals surface area (Å²) >= 11 is 0. The van der Waals surface area contributed by atoms with Gasteiger partial charge in [-0.3, -0.25) is 9.78 Å². The van der Waals surface area contributed by atoms with Crippen LogP contribution in [-0.2, 0) is 4.79 Å². The molecule has 0 atom stereocenters. The number of nitrogens with one attached hydrogen (secondary N) is 1. The summed E-state index contributed by atoms with van der Waals surface area (Å²) in [7, 11) is 0. The number of hydrogen-bond acceptors (Lipinski definition) is 4. The molecule has 5 heteroatoms. The van der Waals surface area contributed by atoms with E-state index in [0.29, 0.717) is 13.0 Å². The molecule has 0 aliphatic rings. The van der Waals surface area contributed by atoms with Crippen molar-refractivity contribution in [3.8, 4) is 0 Å². The summed E-state index contributed by atoms with van der Waals surface area (Å²) < 4.78 is 0. The lowest BCUT2D eigenvalue weighted by atomic mass is 10.2. The molecule has 0 unspecified atom stereocenters. The molecular formula is C13H15N3O2. The summed E-state index contributed by atoms with van der Waals surface area (Å²) in [4.78, 5) is 19.0. The summed E-state index contributed by atoms with van der Waals surface area (Å²) in [5, 5.41) is 11.6. The van der Waals surface area contributed by atoms with Crippen molar-refractivity contribution in [1.82, 2.24) is 9.97 Å². The predicted octanol–water partition coefficient (Wildman–Crippen LogP) is 2.30. The van der Waals surface area contributed by atoms with Gasteiger partial charge in [-0.05, 0) is 25.0 Å². The van der Waals surface area contributed by atoms with Gasteiger partial charge in [0.25, 0.3) is 0 Å². The Balaban J connectivity index is 1.86. The number of rotatable bonds is 6. The Kier molecular flexibility index (Phi) is 4.06. The van der Waals surface area contributed by atoms with Gasteiger partial charge in [-0.2, -0.15) is 0 Å². The van der Waals surface area contributed by atoms with Crippen LogP contribution in [0.15, 0.2) is 30.5 Å². The molecule has 0 radical (unpaired) electrons. The maximum absolute atomic E-state index is 10.3. The molecule has 5 nitrogen and oxygen atoms in total. The largest absolute Gasteiger partial charge is 0.481 e. The maximum atomic E-state index is 10.3. The summed E-state index contributed by atoms with van der Waals surface area (Å²) in [6, 6.07) is 7.68. The average molecular weight is 245 g/mol. The molecule has 0 amide bonds. The fourth-order valence-electron chi connectivity index (χ4n) is 1.66. The van der Waals surface area contributed by atoms with Gasteiger partial charge in [0.05, 0.1) is 17.2 Å². The fourth-order valence-corrected chi connectivity index (χ4v) is 1.66. The quantitative estimate of drug-likeness (QED) is 0.764. The Bertz CT molecular complexity index is 543. The lowest BCUT2D eigenvalue weighted by Crippen LogP contribution is -2.05. The van der Waals surface area contributed by atoms with Crippen molar-refractivity contribution < 1.29 is 9.90 Å². The topological polar surface area (TPSA) is 75.1 Å². The van der Waals surface area contributed by atoms with Gasteiger partial charge >= 0.3 is 5.97 Å². The third-order valence-corrected chi connectivity index (χ3v) is 2.57. The highest BCUT2D eigenvalue weighted by Gasteiger charge is 1.99. The Hall–Kier alpha value is -2.17. The Morgan fingerprint density at radius 2 is 2.00 bits per heavy atom. The minimum atomic E-state index is -0.750. The van der Waals surface area contributed by atoms with E-state index in [0.717, 1.165) is 23.3 Å². The van der Waals surface area contributed by atoms with Gasteiger partial charge in [-0.15, -0.1) is 0 Å². The molecular weight excluding hydrogens is 230 g/mol. The zero-order valence-corrected chi connectivity index (χ0v) is 9.97. The van der Waals surface area contributed by atoms with Crippen molar-refractivity contribution in [3.05, 3.63) is 30.5 Å². The Morgan fingerprint density at radius 1 is 1.22 bits per heavy atom. The second kappa shape index (κ2) is 5.95. The number of nitrogens with zero attached hydrogens (tertiary/aromatic N) is 2. The lowest BCUT2D eigenvalue weighted by molar-refractivity contribution is -0.137. The number of fused-ring (bicyclic) bond motifs is 1. The monoisotopic (exact) mass is 245 g/mol. The van der Waals surface area contributed by atoms with E-state index in [4.69, 9.17) is 5.11 Å². The number of anilines is 1. The summed E-state index contributed by atoms with van der Waals surface area (Å²) in [5.74, 6) is -0.0236. The molecule has 94 valence electrons. The van der Waals surface area contributed by atoms with Crippen LogP contribution in [0.2, 0.25) is 0 Å². The first-order valence-corrected chi connectivity index (χ1v) is 5.93. The number of carboxylic acid groups (broad SMARTS) is 1. The number of aromatic nitrogens is 2. The minimum Gasteiger partial charge on any atom is -0.481 e. The zero-order chi connectivity index (χ0) is 12.8. The molecule has 1 heterocycles. The zero-order valence-electron chi connectivity index (χ0n) is 9.97. The number of hydrogen-bond donors (Lipinski definition) is 2. The van der Waals surface area contributed by atoms with Crippen molar-refractivity contribution in [2.45, 2.75) is 19.3 Å². The first-order valence-electron chi connectivity index (χ1n) is 5.93. The summed E-state index contributed by atoms with van der Waals surface area (Å²) in [6.45, 7) is 0.709. The highest BCUT2D eigenvalue weighted by atomic mass is 16.4. The highest BCUT2D eigenvalue weighted by Crippen LogP contribution is 2.11. The molecule has 0 saturated carbocycles. The first kappa shape index (κ1) is 12.3. The molecule has 1 aromatic carbocycles. The van der Waals surface area contributed by atoms with E-state index in [1.807, 2.05) is 24.3 Å². The van der Waals surface area contributed by atoms with Crippen molar-refractivity contribution >= 4 is 22.8 Å². The van der Waals surface area contributed by atoms with Gasteiger partial charge in [0.2, 0.25) is 0 Å². The molecule has 0 aliphatic heterocycles. The van der Waals surface area contributed by atoms with Crippen LogP contribution in [0.4, 0.5) is 5.82 Å². The van der Waals surface area contributed by atoms with E-state index in [2.05, 4.69) is 15.3 Å². The molecule has 1 aromatic heterocycles. The number of carbonyl (C=O) groups is 1. The number of unbranched alkanes of at least 4 members (excludes halogenated alkanes) is 1. The number of carboxylic acids is 1. The molecule has 18 heavy (non-hydrogen) atoms. The van der Waals surface area contributed by atoms with Crippen LogP contribution in [0, 0.1) is 0 Å². The maximum Gasteiger partial charge on any atom is 0.303 e. The van der Waals surface area contributed by atoms with Gasteiger partial charge in [-0.1, -0.05) is 12.1 Å². The van der Waals surface area contributed by atoms with Crippen molar-refractivity contribution in [2.24, 2.45) is 0 Å². The van der Waals surface area contributed by atoms with E-state index in [1.54, 1.807) is 6.20 Å². The first-order chi connectivity index (χ1) is 8.75. The fraction of sp³-hybridized carbons (Fsp3) is 0.308. The lowest BCUT2D eigenvalue weighted by Gasteiger charge is -2.05. The normalized spacial score (nSPS) is 10.4. The van der Waals surface area contributed by atoms with Crippen molar-refractivity contribution in [2.75, 3.05) is 11.9 Å². The Labute approximate surface area is 105 Å². The third kappa shape index (κ3) is 3.41. The summed E-state index contributed by atoms with van der Waals surface area (Å²) in [5.41, 5.74) is 1.72. The smallest absolute Gasteiger partial charge is 0.303 e. The van der Waals surface area contributed by atoms with E-state index in [9.17, 15) is 4.79 Å². The van der Waals surface area contributed by atoms with E-state index in [1.165, 1.54) is 0 Å². The standard InChI is InChI=1S/C13H15N3O2/c17-13(18)7-3-4-8-14-12-9-15-10-5-1-2-6-11(10)16-12/h1-2,5-6,9H,3-4,7-8H2,(H,14,16)(H,17,18). The van der Waals surface area contributed by atoms with Crippen molar-refractivity contribution in [3.63, 3.8) is 0 Å². The van der Waals surface area contributed by atoms with Crippen LogP contribution in [0.5, 0.6) is 0 Å². The van der Waals surface area contributed by atoms with Gasteiger partial charge in [0.15, 0.2) is 0 Å². The van der Waals surface area contributed by atoms with E-state index in [-0.39, 0.29) is 6.42 Å². The van der Waals surface area contributed by atoms with Crippen molar-refractivity contribution in [1.29, 1.82) is 0 Å². The second-order valence-corrected chi connectivity index (χ2v) is 4.02. The molecule has 0 saturated heterocycles. The van der Waals surface area contributed by atoms with Crippen LogP contribution in [-0.4, -0.2) is 27.6 Å². The summed E-state index contributed by atoms with van der Waals surface area (Å²) in [6.07, 6.45) is 3.38. The molecule has 2 N–H and O–H groups in total. The van der Waals surface area contributed by atoms with Crippen LogP contribution in [0.25, 0.3) is 11.0 Å². The number of aliphatic carboxylic acids is 1. The molecule has 0 bridgehead atoms. The molecule has 0 spiro atoms. The molecule has 2 rings (SSSR count). The van der Waals surface area contributed by atoms with Crippen LogP contribution < -0.4 is 5.32 Å². The van der Waals surface area contributed by atoms with Gasteiger partial charge in [-0.25, -0.2) is 4.98 Å². The molecule has 0 fully saturated rings. The number of para-hydroxylation sites is 2. The minimum absolute atomic E-state index is 0.213. The van der Waals surface area contributed by atoms with Gasteiger partial charge in [0, 0.05) is 13.0 Å². The second-order valence-electron chi connectivity index (χ2n) is 4.02. The Morgan fingerprint density at radius 3 is 2.78 bits per heavy atom. The van der Waals surface area contributed by atoms with Crippen LogP contribution >= 0.6 is 0 Å². The van der Waals surface area contributed by atoms with E-state index >= 15 is 0 Å². The highest BCUT2D eigenvalue weighted by molar-refractivity contribution is 5.75. The van der Waals surface area contributed by atoms with Crippen LogP contribution in [0.1, 0.15) is 19.3 Å². The average Bonchev–Trinajstić information content (AvgIpc) is 2.38. The molecule has 0 aliphatic carbocycles. The SMILES string of the molecule is O=C(O)CCCCNc1cnc2ccccc2n1. The number of benzene rings is 1. The molecule has 2 aromatic rings. The predicted molar refractivity (Wildman–Crippen MR) is 69.5 cm³/mol. The van der Waals surface area contributed by atoms with Gasteiger partial charge in [0.1, 0.15) is 5.82 Å². The van der Waals surface area contributed by atoms with Crippen LogP contribution in [0.3, 0.4) is 0 Å². The van der Waals surface area contributed by atoms with E-state index < -0.39 is 5.97 Å².